The molecule has 2 N–H and O–H groups in total. The first-order valence-corrected chi connectivity index (χ1v) is 12.5. The fourth-order valence-electron chi connectivity index (χ4n) is 3.89. The van der Waals surface area contributed by atoms with Gasteiger partial charge in [-0.05, 0) is 67.5 Å². The predicted molar refractivity (Wildman–Crippen MR) is 146 cm³/mol. The zero-order valence-electron chi connectivity index (χ0n) is 21.1. The Morgan fingerprint density at radius 3 is 1.69 bits per heavy atom. The summed E-state index contributed by atoms with van der Waals surface area (Å²) in [6.07, 6.45) is 6.64. The summed E-state index contributed by atoms with van der Waals surface area (Å²) < 4.78 is 0. The second kappa shape index (κ2) is 11.6. The van der Waals surface area contributed by atoms with E-state index in [1.807, 2.05) is 36.4 Å². The number of hydrogen-bond donors (Lipinski definition) is 2. The molecular formula is C29H34N6. The number of nitrogens with zero attached hydrogens (tertiary/aromatic N) is 4. The molecule has 35 heavy (non-hydrogen) atoms. The Kier molecular flexibility index (Phi) is 8.10. The van der Waals surface area contributed by atoms with Gasteiger partial charge in [0.1, 0.15) is 24.3 Å². The molecule has 0 fully saturated rings. The Labute approximate surface area is 208 Å². The monoisotopic (exact) mass is 466 g/mol. The fourth-order valence-corrected chi connectivity index (χ4v) is 3.89. The van der Waals surface area contributed by atoms with E-state index in [0.717, 1.165) is 70.5 Å². The van der Waals surface area contributed by atoms with Crippen LogP contribution < -0.4 is 10.6 Å². The highest BCUT2D eigenvalue weighted by Gasteiger charge is 2.06. The first-order valence-electron chi connectivity index (χ1n) is 12.5. The third kappa shape index (κ3) is 6.66. The Bertz CT molecular complexity index is 1350. The van der Waals surface area contributed by atoms with Gasteiger partial charge in [-0.15, -0.1) is 0 Å². The van der Waals surface area contributed by atoms with Crippen LogP contribution in [0.4, 0.5) is 11.6 Å². The van der Waals surface area contributed by atoms with E-state index >= 15 is 0 Å². The molecule has 4 aromatic rings. The van der Waals surface area contributed by atoms with Gasteiger partial charge < -0.3 is 10.6 Å². The minimum absolute atomic E-state index is 0.650. The molecule has 2 aromatic carbocycles. The van der Waals surface area contributed by atoms with Crippen LogP contribution in [-0.2, 0) is 0 Å². The molecule has 0 atom stereocenters. The molecule has 2 aromatic heterocycles. The van der Waals surface area contributed by atoms with Crippen molar-refractivity contribution in [1.82, 2.24) is 19.9 Å². The Hall–Kier alpha value is -3.72. The maximum absolute atomic E-state index is 4.46. The summed E-state index contributed by atoms with van der Waals surface area (Å²) in [5.74, 6) is 9.66. The first kappa shape index (κ1) is 24.4. The molecule has 4 rings (SSSR count). The number of benzene rings is 2. The van der Waals surface area contributed by atoms with E-state index in [2.05, 4.69) is 70.1 Å². The number of anilines is 2. The zero-order chi connectivity index (χ0) is 24.6. The van der Waals surface area contributed by atoms with Crippen molar-refractivity contribution in [2.45, 2.75) is 47.0 Å². The summed E-state index contributed by atoms with van der Waals surface area (Å²) in [5, 5.41) is 8.92. The minimum atomic E-state index is 0.650. The van der Waals surface area contributed by atoms with Crippen molar-refractivity contribution in [3.63, 3.8) is 0 Å². The Morgan fingerprint density at radius 2 is 1.17 bits per heavy atom. The molecule has 6 heteroatoms. The second-order valence-corrected chi connectivity index (χ2v) is 9.73. The fraction of sp³-hybridized carbons (Fsp3) is 0.379. The normalized spacial score (nSPS) is 11.1. The average Bonchev–Trinajstić information content (AvgIpc) is 2.85. The lowest BCUT2D eigenvalue weighted by atomic mass is 10.1. The molecule has 0 unspecified atom stereocenters. The molecule has 0 saturated carbocycles. The SMILES string of the molecule is CC(C)CCCNc1ncnc2cc(C#Cc3ccc4c(NCCC(C)C)ncnc4c3)ccc12. The van der Waals surface area contributed by atoms with Gasteiger partial charge in [-0.2, -0.15) is 0 Å². The molecule has 0 amide bonds. The van der Waals surface area contributed by atoms with E-state index in [0.29, 0.717) is 11.8 Å². The van der Waals surface area contributed by atoms with Crippen LogP contribution in [0.25, 0.3) is 21.8 Å². The number of aromatic nitrogens is 4. The van der Waals surface area contributed by atoms with E-state index < -0.39 is 0 Å². The molecule has 6 nitrogen and oxygen atoms in total. The quantitative estimate of drug-likeness (QED) is 0.223. The highest BCUT2D eigenvalue weighted by molar-refractivity contribution is 5.90. The highest BCUT2D eigenvalue weighted by Crippen LogP contribution is 2.22. The van der Waals surface area contributed by atoms with Gasteiger partial charge in [0.2, 0.25) is 0 Å². The molecule has 0 spiro atoms. The van der Waals surface area contributed by atoms with Crippen LogP contribution >= 0.6 is 0 Å². The summed E-state index contributed by atoms with van der Waals surface area (Å²) in [6.45, 7) is 10.7. The molecule has 180 valence electrons. The van der Waals surface area contributed by atoms with E-state index in [9.17, 15) is 0 Å². The summed E-state index contributed by atoms with van der Waals surface area (Å²) in [5.41, 5.74) is 3.61. The van der Waals surface area contributed by atoms with Crippen molar-refractivity contribution in [3.8, 4) is 11.8 Å². The number of hydrogen-bond acceptors (Lipinski definition) is 6. The largest absolute Gasteiger partial charge is 0.369 e. The molecule has 0 saturated heterocycles. The van der Waals surface area contributed by atoms with Crippen molar-refractivity contribution in [2.24, 2.45) is 11.8 Å². The first-order chi connectivity index (χ1) is 17.0. The van der Waals surface area contributed by atoms with Crippen molar-refractivity contribution in [2.75, 3.05) is 23.7 Å². The lowest BCUT2D eigenvalue weighted by Gasteiger charge is -2.09. The lowest BCUT2D eigenvalue weighted by Crippen LogP contribution is -2.06. The summed E-state index contributed by atoms with van der Waals surface area (Å²) in [4.78, 5) is 17.8. The topological polar surface area (TPSA) is 75.6 Å². The highest BCUT2D eigenvalue weighted by atomic mass is 15.0. The van der Waals surface area contributed by atoms with Crippen LogP contribution in [0.5, 0.6) is 0 Å². The molecule has 0 bridgehead atoms. The predicted octanol–water partition coefficient (Wildman–Crippen LogP) is 6.28. The van der Waals surface area contributed by atoms with E-state index in [-0.39, 0.29) is 0 Å². The zero-order valence-corrected chi connectivity index (χ0v) is 21.1. The maximum atomic E-state index is 4.46. The van der Waals surface area contributed by atoms with Gasteiger partial charge in [-0.1, -0.05) is 39.5 Å². The number of nitrogens with one attached hydrogen (secondary N) is 2. The van der Waals surface area contributed by atoms with Gasteiger partial charge in [0.25, 0.3) is 0 Å². The van der Waals surface area contributed by atoms with E-state index in [4.69, 9.17) is 0 Å². The average molecular weight is 467 g/mol. The van der Waals surface area contributed by atoms with Gasteiger partial charge in [0, 0.05) is 35.0 Å². The van der Waals surface area contributed by atoms with Gasteiger partial charge >= 0.3 is 0 Å². The molecule has 0 radical (unpaired) electrons. The molecular weight excluding hydrogens is 432 g/mol. The molecule has 0 aliphatic rings. The molecule has 0 aliphatic heterocycles. The Balaban J connectivity index is 1.49. The third-order valence-corrected chi connectivity index (χ3v) is 5.89. The van der Waals surface area contributed by atoms with Gasteiger partial charge in [0.05, 0.1) is 11.0 Å². The molecule has 2 heterocycles. The summed E-state index contributed by atoms with van der Waals surface area (Å²) >= 11 is 0. The van der Waals surface area contributed by atoms with Crippen molar-refractivity contribution < 1.29 is 0 Å². The lowest BCUT2D eigenvalue weighted by molar-refractivity contribution is 0.567. The standard InChI is InChI=1S/C29H34N6/c1-20(2)6-5-14-30-28-24-11-9-22(16-26(24)32-18-34-28)7-8-23-10-12-25-27(17-23)33-19-35-29(25)31-15-13-21(3)4/h9-12,16-21H,5-6,13-15H2,1-4H3,(H,30,32,34)(H,31,33,35). The van der Waals surface area contributed by atoms with Crippen LogP contribution in [0.3, 0.4) is 0 Å². The van der Waals surface area contributed by atoms with Crippen LogP contribution in [0, 0.1) is 23.7 Å². The minimum Gasteiger partial charge on any atom is -0.369 e. The van der Waals surface area contributed by atoms with Crippen LogP contribution in [0.2, 0.25) is 0 Å². The van der Waals surface area contributed by atoms with Crippen molar-refractivity contribution in [1.29, 1.82) is 0 Å². The van der Waals surface area contributed by atoms with E-state index in [1.165, 1.54) is 6.42 Å². The Morgan fingerprint density at radius 1 is 0.657 bits per heavy atom. The van der Waals surface area contributed by atoms with Crippen LogP contribution in [0.15, 0.2) is 49.1 Å². The molecule has 0 aliphatic carbocycles. The maximum Gasteiger partial charge on any atom is 0.137 e. The summed E-state index contributed by atoms with van der Waals surface area (Å²) in [7, 11) is 0. The smallest absolute Gasteiger partial charge is 0.137 e. The van der Waals surface area contributed by atoms with Crippen LogP contribution in [-0.4, -0.2) is 33.0 Å². The third-order valence-electron chi connectivity index (χ3n) is 5.89. The second-order valence-electron chi connectivity index (χ2n) is 9.73. The van der Waals surface area contributed by atoms with Crippen molar-refractivity contribution in [3.05, 3.63) is 60.2 Å². The summed E-state index contributed by atoms with van der Waals surface area (Å²) in [6, 6.07) is 12.2. The van der Waals surface area contributed by atoms with Crippen LogP contribution in [0.1, 0.15) is 58.1 Å². The number of fused-ring (bicyclic) bond motifs is 2. The number of rotatable bonds is 9. The van der Waals surface area contributed by atoms with Gasteiger partial charge in [-0.25, -0.2) is 19.9 Å². The van der Waals surface area contributed by atoms with Gasteiger partial charge in [-0.3, -0.25) is 0 Å². The van der Waals surface area contributed by atoms with Crippen molar-refractivity contribution >= 4 is 33.4 Å². The van der Waals surface area contributed by atoms with E-state index in [1.54, 1.807) is 12.7 Å². The van der Waals surface area contributed by atoms with Gasteiger partial charge in [0.15, 0.2) is 0 Å².